The van der Waals surface area contributed by atoms with Gasteiger partial charge in [-0.3, -0.25) is 4.79 Å². The molecule has 0 radical (unpaired) electrons. The minimum atomic E-state index is -0.219. The molecule has 2 rings (SSSR count). The van der Waals surface area contributed by atoms with Crippen LogP contribution in [0.3, 0.4) is 0 Å². The van der Waals surface area contributed by atoms with Crippen molar-refractivity contribution in [2.45, 2.75) is 25.8 Å². The lowest BCUT2D eigenvalue weighted by molar-refractivity contribution is 0.0938. The Balaban J connectivity index is 2.15. The number of nitrogens with one attached hydrogen (secondary N) is 1. The van der Waals surface area contributed by atoms with Crippen LogP contribution in [-0.4, -0.2) is 32.6 Å². The third-order valence-corrected chi connectivity index (χ3v) is 3.08. The molecule has 0 aliphatic heterocycles. The van der Waals surface area contributed by atoms with E-state index < -0.39 is 0 Å². The number of carbonyl (C=O) groups excluding carboxylic acids is 1. The van der Waals surface area contributed by atoms with Crippen LogP contribution in [0.25, 0.3) is 5.52 Å². The molecule has 2 aromatic rings. The predicted octanol–water partition coefficient (Wildman–Crippen LogP) is 0.979. The molecule has 1 unspecified atom stereocenters. The fraction of sp³-hybridized carbons (Fsp3) is 0.308. The summed E-state index contributed by atoms with van der Waals surface area (Å²) < 4.78 is 1.64. The van der Waals surface area contributed by atoms with E-state index in [1.807, 2.05) is 25.1 Å². The van der Waals surface area contributed by atoms with E-state index >= 15 is 0 Å². The molecule has 0 saturated carbocycles. The number of nitrogens with two attached hydrogens (primary N) is 1. The number of amidine groups is 1. The van der Waals surface area contributed by atoms with E-state index in [1.165, 1.54) is 6.20 Å². The highest BCUT2D eigenvalue weighted by Gasteiger charge is 2.17. The molecule has 7 nitrogen and oxygen atoms in total. The summed E-state index contributed by atoms with van der Waals surface area (Å²) in [4.78, 5) is 12.3. The standard InChI is InChI=1S/C13H17N5O2/c1-2-9(7-12(14)17-20)16-13(19)10-8-15-18-6-4-3-5-11(10)18/h3-6,8-9,20H,2,7H2,1H3,(H2,14,17)(H,16,19). The van der Waals surface area contributed by atoms with Gasteiger partial charge in [-0.2, -0.15) is 5.10 Å². The summed E-state index contributed by atoms with van der Waals surface area (Å²) in [7, 11) is 0. The molecule has 7 heteroatoms. The number of oxime groups is 1. The normalized spacial score (nSPS) is 13.3. The van der Waals surface area contributed by atoms with E-state index in [9.17, 15) is 4.79 Å². The van der Waals surface area contributed by atoms with Crippen molar-refractivity contribution in [2.24, 2.45) is 10.9 Å². The quantitative estimate of drug-likeness (QED) is 0.327. The van der Waals surface area contributed by atoms with Crippen LogP contribution in [0.1, 0.15) is 30.1 Å². The van der Waals surface area contributed by atoms with E-state index in [-0.39, 0.29) is 17.8 Å². The van der Waals surface area contributed by atoms with E-state index in [0.29, 0.717) is 18.4 Å². The molecule has 0 saturated heterocycles. The van der Waals surface area contributed by atoms with Crippen molar-refractivity contribution >= 4 is 17.3 Å². The maximum absolute atomic E-state index is 12.3. The van der Waals surface area contributed by atoms with Crippen molar-refractivity contribution in [3.63, 3.8) is 0 Å². The maximum atomic E-state index is 12.3. The third-order valence-electron chi connectivity index (χ3n) is 3.08. The van der Waals surface area contributed by atoms with Crippen LogP contribution in [-0.2, 0) is 0 Å². The van der Waals surface area contributed by atoms with Crippen LogP contribution in [0.5, 0.6) is 0 Å². The highest BCUT2D eigenvalue weighted by atomic mass is 16.4. The number of hydrogen-bond acceptors (Lipinski definition) is 4. The summed E-state index contributed by atoms with van der Waals surface area (Å²) in [6.07, 6.45) is 4.29. The zero-order valence-corrected chi connectivity index (χ0v) is 11.2. The van der Waals surface area contributed by atoms with Crippen LogP contribution in [0.15, 0.2) is 35.7 Å². The lowest BCUT2D eigenvalue weighted by Crippen LogP contribution is -2.37. The Morgan fingerprint density at radius 3 is 3.10 bits per heavy atom. The fourth-order valence-electron chi connectivity index (χ4n) is 1.96. The van der Waals surface area contributed by atoms with Gasteiger partial charge in [0.1, 0.15) is 5.84 Å². The number of amides is 1. The number of carbonyl (C=O) groups is 1. The number of fused-ring (bicyclic) bond motifs is 1. The van der Waals surface area contributed by atoms with Crippen molar-refractivity contribution in [3.8, 4) is 0 Å². The molecular formula is C13H17N5O2. The molecule has 106 valence electrons. The average molecular weight is 275 g/mol. The molecule has 20 heavy (non-hydrogen) atoms. The highest BCUT2D eigenvalue weighted by molar-refractivity contribution is 6.00. The lowest BCUT2D eigenvalue weighted by atomic mass is 10.1. The van der Waals surface area contributed by atoms with Crippen molar-refractivity contribution in [3.05, 3.63) is 36.2 Å². The van der Waals surface area contributed by atoms with Crippen molar-refractivity contribution < 1.29 is 10.0 Å². The number of aromatic nitrogens is 2. The second kappa shape index (κ2) is 6.05. The van der Waals surface area contributed by atoms with E-state index in [4.69, 9.17) is 10.9 Å². The van der Waals surface area contributed by atoms with E-state index in [2.05, 4.69) is 15.6 Å². The maximum Gasteiger partial charge on any atom is 0.255 e. The fourth-order valence-corrected chi connectivity index (χ4v) is 1.96. The number of rotatable bonds is 5. The summed E-state index contributed by atoms with van der Waals surface area (Å²) >= 11 is 0. The van der Waals surface area contributed by atoms with Gasteiger partial charge in [0.05, 0.1) is 17.3 Å². The smallest absolute Gasteiger partial charge is 0.255 e. The summed E-state index contributed by atoms with van der Waals surface area (Å²) in [6.45, 7) is 1.92. The Morgan fingerprint density at radius 1 is 1.60 bits per heavy atom. The molecule has 4 N–H and O–H groups in total. The summed E-state index contributed by atoms with van der Waals surface area (Å²) in [5.41, 5.74) is 6.71. The van der Waals surface area contributed by atoms with Crippen LogP contribution < -0.4 is 11.1 Å². The molecule has 1 atom stereocenters. The molecular weight excluding hydrogens is 258 g/mol. The van der Waals surface area contributed by atoms with Gasteiger partial charge in [-0.25, -0.2) is 4.52 Å². The number of pyridine rings is 1. The molecule has 2 aromatic heterocycles. The van der Waals surface area contributed by atoms with Gasteiger partial charge in [-0.1, -0.05) is 18.1 Å². The van der Waals surface area contributed by atoms with Gasteiger partial charge in [0, 0.05) is 18.7 Å². The van der Waals surface area contributed by atoms with Gasteiger partial charge in [-0.15, -0.1) is 0 Å². The zero-order valence-electron chi connectivity index (χ0n) is 11.2. The zero-order chi connectivity index (χ0) is 14.5. The lowest BCUT2D eigenvalue weighted by Gasteiger charge is -2.15. The Morgan fingerprint density at radius 2 is 2.40 bits per heavy atom. The van der Waals surface area contributed by atoms with Crippen molar-refractivity contribution in [2.75, 3.05) is 0 Å². The highest BCUT2D eigenvalue weighted by Crippen LogP contribution is 2.10. The predicted molar refractivity (Wildman–Crippen MR) is 74.8 cm³/mol. The summed E-state index contributed by atoms with van der Waals surface area (Å²) in [5, 5.41) is 18.5. The minimum absolute atomic E-state index is 0.0945. The largest absolute Gasteiger partial charge is 0.409 e. The first-order valence-corrected chi connectivity index (χ1v) is 6.35. The molecule has 0 aliphatic rings. The van der Waals surface area contributed by atoms with Gasteiger partial charge in [0.2, 0.25) is 0 Å². The first-order valence-electron chi connectivity index (χ1n) is 6.35. The van der Waals surface area contributed by atoms with Crippen LogP contribution in [0.4, 0.5) is 0 Å². The van der Waals surface area contributed by atoms with Crippen LogP contribution in [0.2, 0.25) is 0 Å². The Labute approximate surface area is 116 Å². The van der Waals surface area contributed by atoms with Crippen molar-refractivity contribution in [1.29, 1.82) is 0 Å². The van der Waals surface area contributed by atoms with Gasteiger partial charge in [0.25, 0.3) is 5.91 Å². The molecule has 1 amide bonds. The van der Waals surface area contributed by atoms with E-state index in [1.54, 1.807) is 10.7 Å². The monoisotopic (exact) mass is 275 g/mol. The van der Waals surface area contributed by atoms with Crippen LogP contribution >= 0.6 is 0 Å². The Hall–Kier alpha value is -2.57. The Kier molecular flexibility index (Phi) is 4.19. The molecule has 0 bridgehead atoms. The number of hydrogen-bond donors (Lipinski definition) is 3. The first-order chi connectivity index (χ1) is 9.65. The second-order valence-corrected chi connectivity index (χ2v) is 4.46. The topological polar surface area (TPSA) is 105 Å². The molecule has 0 spiro atoms. The summed E-state index contributed by atoms with van der Waals surface area (Å²) in [6, 6.07) is 5.33. The van der Waals surface area contributed by atoms with Gasteiger partial charge in [-0.05, 0) is 18.6 Å². The minimum Gasteiger partial charge on any atom is -0.409 e. The SMILES string of the molecule is CCC(C/C(N)=N/O)NC(=O)c1cnn2ccccc12. The number of nitrogens with zero attached hydrogens (tertiary/aromatic N) is 3. The van der Waals surface area contributed by atoms with Gasteiger partial charge < -0.3 is 16.3 Å². The van der Waals surface area contributed by atoms with Crippen molar-refractivity contribution in [1.82, 2.24) is 14.9 Å². The first kappa shape index (κ1) is 13.9. The third kappa shape index (κ3) is 2.87. The molecule has 0 fully saturated rings. The average Bonchev–Trinajstić information content (AvgIpc) is 2.90. The molecule has 0 aromatic carbocycles. The van der Waals surface area contributed by atoms with Gasteiger partial charge >= 0.3 is 0 Å². The molecule has 0 aliphatic carbocycles. The molecule has 2 heterocycles. The Bertz CT molecular complexity index is 634. The summed E-state index contributed by atoms with van der Waals surface area (Å²) in [5.74, 6) is -0.124. The second-order valence-electron chi connectivity index (χ2n) is 4.46. The van der Waals surface area contributed by atoms with Crippen LogP contribution in [0, 0.1) is 0 Å². The van der Waals surface area contributed by atoms with E-state index in [0.717, 1.165) is 5.52 Å². The van der Waals surface area contributed by atoms with Gasteiger partial charge in [0.15, 0.2) is 0 Å².